The fourth-order valence-electron chi connectivity index (χ4n) is 3.84. The largest absolute Gasteiger partial charge is 0.354 e. The van der Waals surface area contributed by atoms with E-state index in [2.05, 4.69) is 22.4 Å². The fraction of sp³-hybridized carbons (Fsp3) is 0.292. The van der Waals surface area contributed by atoms with Crippen molar-refractivity contribution in [2.45, 2.75) is 45.2 Å². The summed E-state index contributed by atoms with van der Waals surface area (Å²) in [6.45, 7) is 2.49. The number of carbonyl (C=O) groups is 1. The van der Waals surface area contributed by atoms with E-state index < -0.39 is 0 Å². The van der Waals surface area contributed by atoms with Gasteiger partial charge >= 0.3 is 0 Å². The highest BCUT2D eigenvalue weighted by atomic mass is 16.1. The third-order valence-corrected chi connectivity index (χ3v) is 5.40. The van der Waals surface area contributed by atoms with E-state index in [1.54, 1.807) is 10.8 Å². The Hall–Kier alpha value is -3.41. The molecule has 0 saturated carbocycles. The second-order valence-electron chi connectivity index (χ2n) is 7.66. The maximum Gasteiger partial charge on any atom is 0.276 e. The molecule has 0 radical (unpaired) electrons. The van der Waals surface area contributed by atoms with Crippen molar-refractivity contribution in [2.75, 3.05) is 0 Å². The minimum Gasteiger partial charge on any atom is -0.354 e. The Bertz CT molecular complexity index is 1210. The van der Waals surface area contributed by atoms with Gasteiger partial charge in [-0.25, -0.2) is 4.98 Å². The number of benzene rings is 1. The first-order chi connectivity index (χ1) is 14.6. The highest BCUT2D eigenvalue weighted by Gasteiger charge is 2.12. The third-order valence-electron chi connectivity index (χ3n) is 5.40. The molecule has 1 unspecified atom stereocenters. The zero-order chi connectivity index (χ0) is 20.9. The number of aromatic nitrogens is 3. The van der Waals surface area contributed by atoms with Crippen molar-refractivity contribution in [3.63, 3.8) is 0 Å². The molecule has 1 aromatic carbocycles. The van der Waals surface area contributed by atoms with Crippen molar-refractivity contribution >= 4 is 22.6 Å². The summed E-state index contributed by atoms with van der Waals surface area (Å²) in [6.07, 6.45) is 6.35. The molecule has 30 heavy (non-hydrogen) atoms. The number of fused-ring (bicyclic) bond motifs is 3. The zero-order valence-corrected chi connectivity index (χ0v) is 17.1. The van der Waals surface area contributed by atoms with Crippen molar-refractivity contribution in [3.05, 3.63) is 82.9 Å². The Morgan fingerprint density at radius 3 is 2.70 bits per heavy atom. The van der Waals surface area contributed by atoms with Crippen molar-refractivity contribution in [3.8, 4) is 0 Å². The molecule has 0 saturated heterocycles. The highest BCUT2D eigenvalue weighted by Crippen LogP contribution is 2.13. The summed E-state index contributed by atoms with van der Waals surface area (Å²) in [7, 11) is 0. The summed E-state index contributed by atoms with van der Waals surface area (Å²) in [5, 5.41) is 3.07. The van der Waals surface area contributed by atoms with Gasteiger partial charge in [-0.2, -0.15) is 0 Å². The number of nitrogens with zero attached hydrogens (tertiary/aromatic N) is 3. The van der Waals surface area contributed by atoms with Crippen molar-refractivity contribution in [1.29, 1.82) is 0 Å². The minimum atomic E-state index is -0.0807. The smallest absolute Gasteiger partial charge is 0.276 e. The molecule has 3 aromatic heterocycles. The molecule has 0 aliphatic carbocycles. The number of pyridine rings is 1. The van der Waals surface area contributed by atoms with Crippen LogP contribution in [0.5, 0.6) is 0 Å². The maximum atomic E-state index is 12.9. The fourth-order valence-corrected chi connectivity index (χ4v) is 3.84. The van der Waals surface area contributed by atoms with E-state index in [0.29, 0.717) is 30.6 Å². The van der Waals surface area contributed by atoms with Gasteiger partial charge in [-0.3, -0.25) is 14.2 Å². The minimum absolute atomic E-state index is 0.0182. The molecule has 1 N–H and O–H groups in total. The third kappa shape index (κ3) is 4.27. The normalized spacial score (nSPS) is 12.3. The van der Waals surface area contributed by atoms with Gasteiger partial charge in [0.1, 0.15) is 5.52 Å². The molecule has 4 rings (SSSR count). The molecule has 6 heteroatoms. The first-order valence-corrected chi connectivity index (χ1v) is 10.4. The molecule has 1 amide bonds. The van der Waals surface area contributed by atoms with E-state index in [0.717, 1.165) is 18.4 Å². The van der Waals surface area contributed by atoms with Gasteiger partial charge in [-0.1, -0.05) is 30.3 Å². The van der Waals surface area contributed by atoms with Crippen LogP contribution in [0.25, 0.3) is 16.7 Å². The van der Waals surface area contributed by atoms with Gasteiger partial charge in [0, 0.05) is 31.4 Å². The maximum absolute atomic E-state index is 12.9. The Morgan fingerprint density at radius 2 is 1.87 bits per heavy atom. The van der Waals surface area contributed by atoms with Gasteiger partial charge < -0.3 is 9.72 Å². The Balaban J connectivity index is 1.36. The first kappa shape index (κ1) is 19.9. The van der Waals surface area contributed by atoms with Gasteiger partial charge in [0.05, 0.1) is 5.52 Å². The van der Waals surface area contributed by atoms with E-state index in [4.69, 9.17) is 0 Å². The summed E-state index contributed by atoms with van der Waals surface area (Å²) in [5.74, 6) is 0.0182. The summed E-state index contributed by atoms with van der Waals surface area (Å²) in [6, 6.07) is 17.9. The van der Waals surface area contributed by atoms with Crippen LogP contribution >= 0.6 is 0 Å². The van der Waals surface area contributed by atoms with E-state index >= 15 is 0 Å². The van der Waals surface area contributed by atoms with Crippen LogP contribution in [0.15, 0.2) is 71.8 Å². The lowest BCUT2D eigenvalue weighted by atomic mass is 10.1. The predicted molar refractivity (Wildman–Crippen MR) is 119 cm³/mol. The molecule has 6 nitrogen and oxygen atoms in total. The van der Waals surface area contributed by atoms with Crippen molar-refractivity contribution in [2.24, 2.45) is 0 Å². The SMILES string of the molecule is CC(CCc1ccccc1)NC(=O)CCCn1c(=O)c2cccn2c2cccnc21. The molecule has 1 atom stereocenters. The molecular formula is C24H26N4O2. The number of hydrogen-bond acceptors (Lipinski definition) is 3. The summed E-state index contributed by atoms with van der Waals surface area (Å²) < 4.78 is 3.54. The summed E-state index contributed by atoms with van der Waals surface area (Å²) in [4.78, 5) is 29.6. The lowest BCUT2D eigenvalue weighted by Gasteiger charge is -2.15. The number of aryl methyl sites for hydroxylation is 2. The second kappa shape index (κ2) is 8.95. The van der Waals surface area contributed by atoms with Crippen LogP contribution in [0.2, 0.25) is 0 Å². The van der Waals surface area contributed by atoms with Crippen molar-refractivity contribution in [1.82, 2.24) is 19.3 Å². The summed E-state index contributed by atoms with van der Waals surface area (Å²) >= 11 is 0. The first-order valence-electron chi connectivity index (χ1n) is 10.4. The number of hydrogen-bond donors (Lipinski definition) is 1. The lowest BCUT2D eigenvalue weighted by Crippen LogP contribution is -2.33. The van der Waals surface area contributed by atoms with Gasteiger partial charge in [0.25, 0.3) is 5.56 Å². The van der Waals surface area contributed by atoms with Crippen LogP contribution in [-0.2, 0) is 17.8 Å². The molecular weight excluding hydrogens is 376 g/mol. The highest BCUT2D eigenvalue weighted by molar-refractivity contribution is 5.76. The van der Waals surface area contributed by atoms with Gasteiger partial charge in [0.2, 0.25) is 5.91 Å². The Morgan fingerprint density at radius 1 is 1.07 bits per heavy atom. The number of amides is 1. The number of rotatable bonds is 8. The predicted octanol–water partition coefficient (Wildman–Crippen LogP) is 3.57. The molecule has 0 aliphatic rings. The van der Waals surface area contributed by atoms with Crippen LogP contribution in [0.1, 0.15) is 31.7 Å². The summed E-state index contributed by atoms with van der Waals surface area (Å²) in [5.41, 5.74) is 3.34. The average Bonchev–Trinajstić information content (AvgIpc) is 3.26. The zero-order valence-electron chi connectivity index (χ0n) is 17.1. The number of nitrogens with one attached hydrogen (secondary N) is 1. The Kier molecular flexibility index (Phi) is 5.93. The lowest BCUT2D eigenvalue weighted by molar-refractivity contribution is -0.121. The Labute approximate surface area is 175 Å². The quantitative estimate of drug-likeness (QED) is 0.490. The molecule has 154 valence electrons. The van der Waals surface area contributed by atoms with Crippen LogP contribution in [0.4, 0.5) is 0 Å². The molecule has 0 fully saturated rings. The van der Waals surface area contributed by atoms with Gasteiger partial charge in [-0.05, 0) is 56.0 Å². The topological polar surface area (TPSA) is 68.4 Å². The van der Waals surface area contributed by atoms with E-state index in [9.17, 15) is 9.59 Å². The average molecular weight is 402 g/mol. The standard InChI is InChI=1S/C24H26N4O2/c1-18(13-14-19-8-3-2-4-9-19)26-22(29)12-7-17-28-23-20(10-5-15-25-23)27-16-6-11-21(27)24(28)30/h2-6,8-11,15-16,18H,7,12-14,17H2,1H3,(H,26,29). The van der Waals surface area contributed by atoms with Crippen LogP contribution in [0.3, 0.4) is 0 Å². The second-order valence-corrected chi connectivity index (χ2v) is 7.66. The van der Waals surface area contributed by atoms with Crippen molar-refractivity contribution < 1.29 is 4.79 Å². The molecule has 0 aliphatic heterocycles. The molecule has 0 bridgehead atoms. The van der Waals surface area contributed by atoms with E-state index in [1.165, 1.54) is 5.56 Å². The van der Waals surface area contributed by atoms with Crippen LogP contribution in [0, 0.1) is 0 Å². The van der Waals surface area contributed by atoms with E-state index in [1.807, 2.05) is 60.0 Å². The monoisotopic (exact) mass is 402 g/mol. The van der Waals surface area contributed by atoms with Crippen LogP contribution < -0.4 is 10.9 Å². The van der Waals surface area contributed by atoms with Gasteiger partial charge in [-0.15, -0.1) is 0 Å². The van der Waals surface area contributed by atoms with Gasteiger partial charge in [0.15, 0.2) is 5.65 Å². The number of carbonyl (C=O) groups excluding carboxylic acids is 1. The molecule has 3 heterocycles. The molecule has 4 aromatic rings. The van der Waals surface area contributed by atoms with Crippen LogP contribution in [-0.4, -0.2) is 25.9 Å². The molecule has 0 spiro atoms. The van der Waals surface area contributed by atoms with E-state index in [-0.39, 0.29) is 17.5 Å².